The monoisotopic (exact) mass is 556 g/mol. The molecule has 210 valence electrons. The van der Waals surface area contributed by atoms with Crippen molar-refractivity contribution in [1.82, 2.24) is 21.3 Å². The number of hydrogen-bond acceptors (Lipinski definition) is 5. The molecule has 0 saturated carbocycles. The van der Waals surface area contributed by atoms with Crippen molar-refractivity contribution in [1.29, 1.82) is 0 Å². The second-order valence-corrected chi connectivity index (χ2v) is 11.1. The van der Waals surface area contributed by atoms with Crippen LogP contribution < -0.4 is 21.3 Å². The van der Waals surface area contributed by atoms with Gasteiger partial charge in [-0.05, 0) is 42.0 Å². The Bertz CT molecular complexity index is 1190. The van der Waals surface area contributed by atoms with Crippen molar-refractivity contribution in [2.45, 2.75) is 66.2 Å². The average molecular weight is 557 g/mol. The van der Waals surface area contributed by atoms with Crippen molar-refractivity contribution in [3.05, 3.63) is 70.7 Å². The highest BCUT2D eigenvalue weighted by molar-refractivity contribution is 6.38. The molecule has 2 aromatic carbocycles. The third-order valence-corrected chi connectivity index (χ3v) is 6.43. The van der Waals surface area contributed by atoms with Crippen LogP contribution in [-0.2, 0) is 25.7 Å². The number of amides is 4. The summed E-state index contributed by atoms with van der Waals surface area (Å²) in [5.74, 6) is -3.69. The van der Waals surface area contributed by atoms with E-state index in [1.165, 1.54) is 6.92 Å². The standard InChI is InChI=1S/C29H37ClN4O5/c1-17(2)22(23(35)27(38)31-16-20-14-10-11-15-21(20)30)33-25(36)18(3)32-28(39)24(29(4,5)6)34-26(37)19-12-8-7-9-13-19/h7-15,17-18,22,24H,16H2,1-6H3,(H,31,38)(H,32,39)(H,33,36)(H,34,37). The summed E-state index contributed by atoms with van der Waals surface area (Å²) >= 11 is 6.10. The zero-order chi connectivity index (χ0) is 29.3. The van der Waals surface area contributed by atoms with Crippen LogP contribution in [0.4, 0.5) is 0 Å². The van der Waals surface area contributed by atoms with E-state index >= 15 is 0 Å². The highest BCUT2D eigenvalue weighted by Gasteiger charge is 2.35. The maximum Gasteiger partial charge on any atom is 0.289 e. The van der Waals surface area contributed by atoms with E-state index < -0.39 is 58.9 Å². The summed E-state index contributed by atoms with van der Waals surface area (Å²) in [6, 6.07) is 12.3. The molecule has 0 heterocycles. The Hall–Kier alpha value is -3.72. The first kappa shape index (κ1) is 31.5. The van der Waals surface area contributed by atoms with E-state index in [-0.39, 0.29) is 6.54 Å². The number of carbonyl (C=O) groups excluding carboxylic acids is 5. The van der Waals surface area contributed by atoms with Crippen LogP contribution in [0.3, 0.4) is 0 Å². The van der Waals surface area contributed by atoms with Gasteiger partial charge in [-0.25, -0.2) is 0 Å². The number of benzene rings is 2. The van der Waals surface area contributed by atoms with Crippen LogP contribution in [0, 0.1) is 11.3 Å². The molecule has 3 atom stereocenters. The fraction of sp³-hybridized carbons (Fsp3) is 0.414. The van der Waals surface area contributed by atoms with E-state index in [4.69, 9.17) is 11.6 Å². The topological polar surface area (TPSA) is 133 Å². The molecule has 0 saturated heterocycles. The minimum absolute atomic E-state index is 0.0539. The minimum atomic E-state index is -1.11. The number of Topliss-reactive ketones (excluding diaryl/α,β-unsaturated/α-hetero) is 1. The largest absolute Gasteiger partial charge is 0.345 e. The molecule has 0 spiro atoms. The van der Waals surface area contributed by atoms with E-state index in [1.807, 2.05) is 0 Å². The summed E-state index contributed by atoms with van der Waals surface area (Å²) in [6.45, 7) is 10.3. The molecular weight excluding hydrogens is 520 g/mol. The molecule has 0 fully saturated rings. The van der Waals surface area contributed by atoms with Gasteiger partial charge < -0.3 is 21.3 Å². The number of rotatable bonds is 11. The van der Waals surface area contributed by atoms with Crippen molar-refractivity contribution < 1.29 is 24.0 Å². The zero-order valence-corrected chi connectivity index (χ0v) is 23.9. The lowest BCUT2D eigenvalue weighted by Gasteiger charge is -2.31. The van der Waals surface area contributed by atoms with Gasteiger partial charge >= 0.3 is 0 Å². The molecule has 2 rings (SSSR count). The van der Waals surface area contributed by atoms with Gasteiger partial charge in [-0.1, -0.05) is 82.6 Å². The normalized spacial score (nSPS) is 13.5. The Balaban J connectivity index is 2.03. The van der Waals surface area contributed by atoms with Gasteiger partial charge in [0.25, 0.3) is 11.8 Å². The van der Waals surface area contributed by atoms with E-state index in [0.29, 0.717) is 16.1 Å². The Kier molecular flexibility index (Phi) is 11.2. The first-order valence-electron chi connectivity index (χ1n) is 12.7. The van der Waals surface area contributed by atoms with Crippen LogP contribution in [0.15, 0.2) is 54.6 Å². The van der Waals surface area contributed by atoms with Gasteiger partial charge in [0.1, 0.15) is 12.1 Å². The minimum Gasteiger partial charge on any atom is -0.345 e. The molecule has 0 aliphatic heterocycles. The third kappa shape index (κ3) is 9.21. The van der Waals surface area contributed by atoms with Crippen molar-refractivity contribution in [3.8, 4) is 0 Å². The van der Waals surface area contributed by atoms with Gasteiger partial charge in [0.2, 0.25) is 17.6 Å². The summed E-state index contributed by atoms with van der Waals surface area (Å²) in [5, 5.41) is 10.9. The zero-order valence-electron chi connectivity index (χ0n) is 23.1. The van der Waals surface area contributed by atoms with Crippen LogP contribution in [0.25, 0.3) is 0 Å². The fourth-order valence-electron chi connectivity index (χ4n) is 3.70. The molecule has 0 aromatic heterocycles. The maximum atomic E-state index is 13.1. The Morgan fingerprint density at radius 1 is 0.795 bits per heavy atom. The Morgan fingerprint density at radius 3 is 1.95 bits per heavy atom. The van der Waals surface area contributed by atoms with E-state index in [1.54, 1.807) is 89.2 Å². The van der Waals surface area contributed by atoms with Gasteiger partial charge in [0.15, 0.2) is 0 Å². The van der Waals surface area contributed by atoms with E-state index in [0.717, 1.165) is 0 Å². The van der Waals surface area contributed by atoms with Crippen LogP contribution in [0.5, 0.6) is 0 Å². The van der Waals surface area contributed by atoms with Crippen molar-refractivity contribution in [2.24, 2.45) is 11.3 Å². The number of ketones is 1. The van der Waals surface area contributed by atoms with Gasteiger partial charge in [0, 0.05) is 17.1 Å². The number of halogens is 1. The van der Waals surface area contributed by atoms with Crippen molar-refractivity contribution in [3.63, 3.8) is 0 Å². The molecule has 10 heteroatoms. The molecule has 0 aliphatic rings. The van der Waals surface area contributed by atoms with Crippen LogP contribution in [0.2, 0.25) is 5.02 Å². The summed E-state index contributed by atoms with van der Waals surface area (Å²) in [4.78, 5) is 64.2. The predicted octanol–water partition coefficient (Wildman–Crippen LogP) is 3.02. The quantitative estimate of drug-likeness (QED) is 0.316. The van der Waals surface area contributed by atoms with Gasteiger partial charge in [-0.15, -0.1) is 0 Å². The average Bonchev–Trinajstić information content (AvgIpc) is 2.88. The summed E-state index contributed by atoms with van der Waals surface area (Å²) in [5.41, 5.74) is 0.381. The second kappa shape index (κ2) is 13.9. The summed E-state index contributed by atoms with van der Waals surface area (Å²) in [6.07, 6.45) is 0. The smallest absolute Gasteiger partial charge is 0.289 e. The molecule has 0 radical (unpaired) electrons. The highest BCUT2D eigenvalue weighted by atomic mass is 35.5. The highest BCUT2D eigenvalue weighted by Crippen LogP contribution is 2.20. The molecule has 0 aliphatic carbocycles. The molecule has 4 N–H and O–H groups in total. The lowest BCUT2D eigenvalue weighted by molar-refractivity contribution is -0.141. The summed E-state index contributed by atoms with van der Waals surface area (Å²) < 4.78 is 0. The van der Waals surface area contributed by atoms with Gasteiger partial charge in [0.05, 0.1) is 6.04 Å². The third-order valence-electron chi connectivity index (χ3n) is 6.06. The van der Waals surface area contributed by atoms with E-state index in [2.05, 4.69) is 21.3 Å². The van der Waals surface area contributed by atoms with Crippen LogP contribution >= 0.6 is 11.6 Å². The molecular formula is C29H37ClN4O5. The lowest BCUT2D eigenvalue weighted by atomic mass is 9.85. The second-order valence-electron chi connectivity index (χ2n) is 10.7. The van der Waals surface area contributed by atoms with Crippen LogP contribution in [0.1, 0.15) is 57.5 Å². The summed E-state index contributed by atoms with van der Waals surface area (Å²) in [7, 11) is 0. The van der Waals surface area contributed by atoms with Crippen molar-refractivity contribution in [2.75, 3.05) is 0 Å². The molecule has 0 bridgehead atoms. The van der Waals surface area contributed by atoms with Crippen LogP contribution in [-0.4, -0.2) is 47.5 Å². The maximum absolute atomic E-state index is 13.1. The van der Waals surface area contributed by atoms with E-state index in [9.17, 15) is 24.0 Å². The number of carbonyl (C=O) groups is 5. The molecule has 39 heavy (non-hydrogen) atoms. The molecule has 3 unspecified atom stereocenters. The Morgan fingerprint density at radius 2 is 1.38 bits per heavy atom. The molecule has 4 amide bonds. The first-order valence-corrected chi connectivity index (χ1v) is 13.1. The van der Waals surface area contributed by atoms with Gasteiger partial charge in [-0.2, -0.15) is 0 Å². The fourth-order valence-corrected chi connectivity index (χ4v) is 3.90. The molecule has 9 nitrogen and oxygen atoms in total. The first-order chi connectivity index (χ1) is 18.2. The predicted molar refractivity (Wildman–Crippen MR) is 150 cm³/mol. The SMILES string of the molecule is CC(NC(=O)C(NC(=O)c1ccccc1)C(C)(C)C)C(=O)NC(C(=O)C(=O)NCc1ccccc1Cl)C(C)C. The number of nitrogens with one attached hydrogen (secondary N) is 4. The van der Waals surface area contributed by atoms with Gasteiger partial charge in [-0.3, -0.25) is 24.0 Å². The number of hydrogen-bond donors (Lipinski definition) is 4. The lowest BCUT2D eigenvalue weighted by Crippen LogP contribution is -2.59. The Labute approximate surface area is 234 Å². The molecule has 2 aromatic rings. The van der Waals surface area contributed by atoms with Crippen molar-refractivity contribution >= 4 is 41.0 Å².